The number of benzene rings is 3. The minimum Gasteiger partial charge on any atom is -0.445 e. The maximum atomic E-state index is 13.9. The van der Waals surface area contributed by atoms with Crippen LogP contribution < -0.4 is 10.2 Å². The molecule has 12 heteroatoms. The summed E-state index contributed by atoms with van der Waals surface area (Å²) >= 11 is 1.41. The van der Waals surface area contributed by atoms with E-state index in [2.05, 4.69) is 27.3 Å². The third-order valence-corrected chi connectivity index (χ3v) is 10.2. The summed E-state index contributed by atoms with van der Waals surface area (Å²) in [5.41, 5.74) is 5.11. The Kier molecular flexibility index (Phi) is 10.4. The van der Waals surface area contributed by atoms with Gasteiger partial charge in [-0.2, -0.15) is 0 Å². The second-order valence-corrected chi connectivity index (χ2v) is 13.4. The summed E-state index contributed by atoms with van der Waals surface area (Å²) in [6.45, 7) is 4.12. The molecule has 3 aliphatic heterocycles. The highest BCUT2D eigenvalue weighted by molar-refractivity contribution is 8.15. The average Bonchev–Trinajstić information content (AvgIpc) is 3.78. The Hall–Kier alpha value is -5.20. The number of pyridine rings is 1. The SMILES string of the molecule is O=C(Nc1ccc(C2SC(=Nc3ccc(N4CCOCC4)cc3)N(Cc3ccncc3)C2=O)cc1)[C@H]1CCCN1C(=O)OCc1ccccc1. The van der Waals surface area contributed by atoms with E-state index < -0.39 is 17.4 Å². The van der Waals surface area contributed by atoms with Crippen LogP contribution >= 0.6 is 11.8 Å². The predicted octanol–water partition coefficient (Wildman–Crippen LogP) is 6.16. The van der Waals surface area contributed by atoms with Crippen molar-refractivity contribution in [2.45, 2.75) is 37.3 Å². The summed E-state index contributed by atoms with van der Waals surface area (Å²) in [6, 6.07) is 28.0. The smallest absolute Gasteiger partial charge is 0.410 e. The molecule has 0 aliphatic carbocycles. The topological polar surface area (TPSA) is 117 Å². The molecule has 4 aromatic rings. The number of ether oxygens (including phenoxy) is 2. The lowest BCUT2D eigenvalue weighted by Gasteiger charge is -2.28. The van der Waals surface area contributed by atoms with Crippen molar-refractivity contribution in [1.82, 2.24) is 14.8 Å². The van der Waals surface area contributed by atoms with Crippen molar-refractivity contribution >= 4 is 51.9 Å². The van der Waals surface area contributed by atoms with E-state index in [4.69, 9.17) is 14.5 Å². The van der Waals surface area contributed by atoms with E-state index in [0.29, 0.717) is 43.6 Å². The number of amidine groups is 1. The molecule has 256 valence electrons. The molecule has 1 unspecified atom stereocenters. The summed E-state index contributed by atoms with van der Waals surface area (Å²) < 4.78 is 11.0. The molecule has 0 bridgehead atoms. The van der Waals surface area contributed by atoms with Crippen molar-refractivity contribution < 1.29 is 23.9 Å². The molecule has 2 atom stereocenters. The van der Waals surface area contributed by atoms with Crippen LogP contribution in [0.1, 0.15) is 34.8 Å². The van der Waals surface area contributed by atoms with Crippen LogP contribution in [0.25, 0.3) is 0 Å². The van der Waals surface area contributed by atoms with Crippen LogP contribution in [-0.4, -0.2) is 76.7 Å². The Labute approximate surface area is 295 Å². The third-order valence-electron chi connectivity index (χ3n) is 8.96. The Bertz CT molecular complexity index is 1820. The lowest BCUT2D eigenvalue weighted by atomic mass is 10.1. The predicted molar refractivity (Wildman–Crippen MR) is 193 cm³/mol. The highest BCUT2D eigenvalue weighted by Crippen LogP contribution is 2.41. The van der Waals surface area contributed by atoms with E-state index in [0.717, 1.165) is 47.6 Å². The average molecular weight is 691 g/mol. The molecule has 3 amide bonds. The number of rotatable bonds is 9. The van der Waals surface area contributed by atoms with Gasteiger partial charge in [0.1, 0.15) is 17.9 Å². The first-order valence-corrected chi connectivity index (χ1v) is 17.7. The monoisotopic (exact) mass is 690 g/mol. The number of anilines is 2. The molecule has 0 saturated carbocycles. The zero-order valence-electron chi connectivity index (χ0n) is 27.5. The van der Waals surface area contributed by atoms with Crippen LogP contribution in [0.2, 0.25) is 0 Å². The molecule has 3 aromatic carbocycles. The zero-order valence-corrected chi connectivity index (χ0v) is 28.3. The van der Waals surface area contributed by atoms with E-state index in [1.807, 2.05) is 66.7 Å². The molecule has 50 heavy (non-hydrogen) atoms. The largest absolute Gasteiger partial charge is 0.445 e. The molecule has 11 nitrogen and oxygen atoms in total. The van der Waals surface area contributed by atoms with Gasteiger partial charge in [-0.1, -0.05) is 54.2 Å². The number of thioether (sulfide) groups is 1. The molecule has 7 rings (SSSR count). The van der Waals surface area contributed by atoms with Crippen LogP contribution in [0.4, 0.5) is 21.9 Å². The molecule has 3 aliphatic rings. The van der Waals surface area contributed by atoms with Crippen LogP contribution in [0.5, 0.6) is 0 Å². The fraction of sp³-hybridized carbons (Fsp3) is 0.289. The van der Waals surface area contributed by atoms with Crippen molar-refractivity contribution in [2.24, 2.45) is 4.99 Å². The number of carbonyl (C=O) groups excluding carboxylic acids is 3. The second-order valence-electron chi connectivity index (χ2n) is 12.3. The summed E-state index contributed by atoms with van der Waals surface area (Å²) in [7, 11) is 0. The van der Waals surface area contributed by atoms with Crippen molar-refractivity contribution in [2.75, 3.05) is 43.1 Å². The van der Waals surface area contributed by atoms with Gasteiger partial charge in [0.05, 0.1) is 25.4 Å². The van der Waals surface area contributed by atoms with Crippen molar-refractivity contribution in [1.29, 1.82) is 0 Å². The fourth-order valence-corrected chi connectivity index (χ4v) is 7.44. The normalized spacial score (nSPS) is 20.0. The number of nitrogens with one attached hydrogen (secondary N) is 1. The molecule has 3 fully saturated rings. The molecule has 1 N–H and O–H groups in total. The van der Waals surface area contributed by atoms with E-state index in [9.17, 15) is 14.4 Å². The van der Waals surface area contributed by atoms with Gasteiger partial charge in [0.2, 0.25) is 11.8 Å². The number of likely N-dealkylation sites (tertiary alicyclic amines) is 1. The standard InChI is InChI=1S/C38H38N6O5S/c45-35(33-7-4-20-43(33)38(47)49-26-28-5-2-1-3-6-28)40-30-10-8-29(9-11-30)34-36(46)44(25-27-16-18-39-19-17-27)37(50-34)41-31-12-14-32(15-13-31)42-21-23-48-24-22-42/h1-3,5-6,8-19,33-34H,4,7,20-26H2,(H,40,45)/t33-,34?/m1/s1. The van der Waals surface area contributed by atoms with Crippen LogP contribution in [0.15, 0.2) is 108 Å². The van der Waals surface area contributed by atoms with Gasteiger partial charge >= 0.3 is 6.09 Å². The highest BCUT2D eigenvalue weighted by atomic mass is 32.2. The number of aromatic nitrogens is 1. The van der Waals surface area contributed by atoms with E-state index in [1.54, 1.807) is 29.4 Å². The van der Waals surface area contributed by atoms with Crippen molar-refractivity contribution in [3.8, 4) is 0 Å². The van der Waals surface area contributed by atoms with Gasteiger partial charge in [0.25, 0.3) is 0 Å². The molecule has 1 aromatic heterocycles. The minimum absolute atomic E-state index is 0.0668. The summed E-state index contributed by atoms with van der Waals surface area (Å²) in [6.07, 6.45) is 4.21. The quantitative estimate of drug-likeness (QED) is 0.222. The van der Waals surface area contributed by atoms with Crippen LogP contribution in [0.3, 0.4) is 0 Å². The number of aliphatic imine (C=N–C) groups is 1. The van der Waals surface area contributed by atoms with Crippen LogP contribution in [-0.2, 0) is 32.2 Å². The first-order chi connectivity index (χ1) is 24.5. The maximum Gasteiger partial charge on any atom is 0.410 e. The highest BCUT2D eigenvalue weighted by Gasteiger charge is 2.39. The Morgan fingerprint density at radius 3 is 2.38 bits per heavy atom. The number of carbonyl (C=O) groups is 3. The van der Waals surface area contributed by atoms with Gasteiger partial charge in [-0.05, 0) is 78.1 Å². The number of morpholine rings is 1. The van der Waals surface area contributed by atoms with E-state index in [1.165, 1.54) is 16.7 Å². The Morgan fingerprint density at radius 2 is 1.64 bits per heavy atom. The Morgan fingerprint density at radius 1 is 0.900 bits per heavy atom. The molecule has 3 saturated heterocycles. The van der Waals surface area contributed by atoms with Crippen LogP contribution in [0, 0.1) is 0 Å². The van der Waals surface area contributed by atoms with Crippen molar-refractivity contribution in [3.63, 3.8) is 0 Å². The van der Waals surface area contributed by atoms with Gasteiger partial charge in [-0.25, -0.2) is 9.79 Å². The maximum absolute atomic E-state index is 13.9. The van der Waals surface area contributed by atoms with E-state index >= 15 is 0 Å². The zero-order chi connectivity index (χ0) is 34.3. The molecular formula is C38H38N6O5S. The molecular weight excluding hydrogens is 653 g/mol. The number of hydrogen-bond acceptors (Lipinski definition) is 9. The second kappa shape index (κ2) is 15.6. The molecule has 0 radical (unpaired) electrons. The number of hydrogen-bond donors (Lipinski definition) is 1. The fourth-order valence-electron chi connectivity index (χ4n) is 6.27. The van der Waals surface area contributed by atoms with Gasteiger partial charge in [0, 0.05) is 43.4 Å². The van der Waals surface area contributed by atoms with E-state index in [-0.39, 0.29) is 18.4 Å². The summed E-state index contributed by atoms with van der Waals surface area (Å²) in [5.74, 6) is -0.335. The Balaban J connectivity index is 1.03. The minimum atomic E-state index is -0.617. The molecule has 4 heterocycles. The first-order valence-electron chi connectivity index (χ1n) is 16.8. The lowest BCUT2D eigenvalue weighted by molar-refractivity contribution is -0.126. The summed E-state index contributed by atoms with van der Waals surface area (Å²) in [4.78, 5) is 54.6. The van der Waals surface area contributed by atoms with Gasteiger partial charge in [-0.15, -0.1) is 0 Å². The van der Waals surface area contributed by atoms with Crippen molar-refractivity contribution in [3.05, 3.63) is 120 Å². The van der Waals surface area contributed by atoms with Gasteiger partial charge < -0.3 is 19.7 Å². The summed E-state index contributed by atoms with van der Waals surface area (Å²) in [5, 5.41) is 3.07. The van der Waals surface area contributed by atoms with Gasteiger partial charge in [-0.3, -0.25) is 24.4 Å². The lowest BCUT2D eigenvalue weighted by Crippen LogP contribution is -2.43. The van der Waals surface area contributed by atoms with Gasteiger partial charge in [0.15, 0.2) is 5.17 Å². The third kappa shape index (κ3) is 7.82. The first kappa shape index (κ1) is 33.3. The number of nitrogens with zero attached hydrogens (tertiary/aromatic N) is 5. The molecule has 0 spiro atoms. The number of amides is 3.